The van der Waals surface area contributed by atoms with Crippen molar-refractivity contribution < 1.29 is 44.2 Å². The summed E-state index contributed by atoms with van der Waals surface area (Å²) in [5.74, 6) is -2.59. The van der Waals surface area contributed by atoms with Gasteiger partial charge in [-0.1, -0.05) is 26.0 Å². The summed E-state index contributed by atoms with van der Waals surface area (Å²) in [5, 5.41) is 41.0. The van der Waals surface area contributed by atoms with Crippen molar-refractivity contribution in [3.05, 3.63) is 47.7 Å². The monoisotopic (exact) mass is 462 g/mol. The number of rotatable bonds is 8. The van der Waals surface area contributed by atoms with Crippen molar-refractivity contribution in [2.24, 2.45) is 17.8 Å². The first-order chi connectivity index (χ1) is 15.6. The Labute approximate surface area is 191 Å². The van der Waals surface area contributed by atoms with Crippen molar-refractivity contribution in [3.8, 4) is 5.75 Å². The maximum absolute atomic E-state index is 12.2. The molecule has 1 aromatic carbocycles. The van der Waals surface area contributed by atoms with Crippen LogP contribution < -0.4 is 0 Å². The molecule has 0 saturated heterocycles. The van der Waals surface area contributed by atoms with Gasteiger partial charge in [0.25, 0.3) is 0 Å². The molecule has 2 aliphatic rings. The summed E-state index contributed by atoms with van der Waals surface area (Å²) in [4.78, 5) is 24.5. The van der Waals surface area contributed by atoms with Gasteiger partial charge in [0.15, 0.2) is 0 Å². The molecule has 1 aliphatic carbocycles. The molecule has 3 rings (SSSR count). The second-order valence-corrected chi connectivity index (χ2v) is 8.85. The van der Waals surface area contributed by atoms with Gasteiger partial charge >= 0.3 is 11.9 Å². The van der Waals surface area contributed by atoms with Gasteiger partial charge in [0.2, 0.25) is 6.29 Å². The molecule has 4 N–H and O–H groups in total. The van der Waals surface area contributed by atoms with Crippen LogP contribution in [0, 0.1) is 17.8 Å². The highest BCUT2D eigenvalue weighted by atomic mass is 16.7. The van der Waals surface area contributed by atoms with Gasteiger partial charge < -0.3 is 34.6 Å². The SMILES string of the molecule is CC(C)CC(=O)O[C@H]1OC=C(CO)[C@@H]2C[C@@H](O)[C@@](O)(COC(=O)C=Cc3ccc(O)cc3)[C@H]12. The highest BCUT2D eigenvalue weighted by molar-refractivity contribution is 5.87. The first-order valence-electron chi connectivity index (χ1n) is 10.8. The van der Waals surface area contributed by atoms with E-state index >= 15 is 0 Å². The minimum Gasteiger partial charge on any atom is -0.508 e. The number of hydrogen-bond acceptors (Lipinski definition) is 9. The van der Waals surface area contributed by atoms with E-state index in [4.69, 9.17) is 14.2 Å². The van der Waals surface area contributed by atoms with Crippen molar-refractivity contribution in [1.82, 2.24) is 0 Å². The maximum Gasteiger partial charge on any atom is 0.330 e. The van der Waals surface area contributed by atoms with Crippen LogP contribution in [-0.4, -0.2) is 63.6 Å². The third-order valence-corrected chi connectivity index (χ3v) is 5.94. The average Bonchev–Trinajstić information content (AvgIpc) is 3.03. The van der Waals surface area contributed by atoms with E-state index < -0.39 is 48.4 Å². The first-order valence-corrected chi connectivity index (χ1v) is 10.8. The molecule has 0 unspecified atom stereocenters. The lowest BCUT2D eigenvalue weighted by Crippen LogP contribution is -2.54. The highest BCUT2D eigenvalue weighted by Crippen LogP contribution is 2.49. The standard InChI is InChI=1S/C24H30O9/c1-14(2)9-21(29)33-23-22-18(16(11-25)12-31-23)10-19(27)24(22,30)13-32-20(28)8-5-15-3-6-17(26)7-4-15/h3-8,12,14,18-19,22-23,25-27,30H,9-11,13H2,1-2H3/t18-,19+,22-,23+,24-/m0/s1. The smallest absolute Gasteiger partial charge is 0.330 e. The Morgan fingerprint density at radius 2 is 1.97 bits per heavy atom. The Bertz CT molecular complexity index is 905. The van der Waals surface area contributed by atoms with Crippen molar-refractivity contribution in [3.63, 3.8) is 0 Å². The second-order valence-electron chi connectivity index (χ2n) is 8.85. The number of benzene rings is 1. The molecule has 0 bridgehead atoms. The number of aliphatic hydroxyl groups excluding tert-OH is 2. The average molecular weight is 462 g/mol. The number of hydrogen-bond donors (Lipinski definition) is 4. The molecule has 9 nitrogen and oxygen atoms in total. The van der Waals surface area contributed by atoms with Gasteiger partial charge in [-0.15, -0.1) is 0 Å². The van der Waals surface area contributed by atoms with Crippen LogP contribution >= 0.6 is 0 Å². The molecule has 0 spiro atoms. The Balaban J connectivity index is 1.73. The number of esters is 2. The van der Waals surface area contributed by atoms with Crippen molar-refractivity contribution in [2.75, 3.05) is 13.2 Å². The third kappa shape index (κ3) is 5.73. The summed E-state index contributed by atoms with van der Waals surface area (Å²) in [6.45, 7) is 2.80. The zero-order chi connectivity index (χ0) is 24.2. The molecule has 9 heteroatoms. The summed E-state index contributed by atoms with van der Waals surface area (Å²) in [6.07, 6.45) is 1.65. The van der Waals surface area contributed by atoms with Crippen LogP contribution in [0.25, 0.3) is 6.08 Å². The molecule has 1 aliphatic heterocycles. The van der Waals surface area contributed by atoms with E-state index in [1.54, 1.807) is 12.1 Å². The zero-order valence-electron chi connectivity index (χ0n) is 18.6. The molecule has 33 heavy (non-hydrogen) atoms. The maximum atomic E-state index is 12.2. The van der Waals surface area contributed by atoms with Crippen LogP contribution in [-0.2, 0) is 23.8 Å². The van der Waals surface area contributed by atoms with E-state index in [0.717, 1.165) is 6.08 Å². The topological polar surface area (TPSA) is 143 Å². The van der Waals surface area contributed by atoms with Gasteiger partial charge in [0.1, 0.15) is 18.0 Å². The zero-order valence-corrected chi connectivity index (χ0v) is 18.6. The van der Waals surface area contributed by atoms with E-state index in [1.807, 2.05) is 13.8 Å². The van der Waals surface area contributed by atoms with Crippen LogP contribution in [0.5, 0.6) is 5.75 Å². The predicted octanol–water partition coefficient (Wildman–Crippen LogP) is 1.50. The molecule has 1 aromatic rings. The number of ether oxygens (including phenoxy) is 3. The Hall–Kier alpha value is -2.88. The molecule has 180 valence electrons. The van der Waals surface area contributed by atoms with Gasteiger partial charge in [0.05, 0.1) is 24.9 Å². The highest BCUT2D eigenvalue weighted by Gasteiger charge is 2.61. The number of carbonyl (C=O) groups is 2. The van der Waals surface area contributed by atoms with E-state index in [1.165, 1.54) is 24.5 Å². The van der Waals surface area contributed by atoms with E-state index in [0.29, 0.717) is 11.1 Å². The third-order valence-electron chi connectivity index (χ3n) is 5.94. The lowest BCUT2D eigenvalue weighted by Gasteiger charge is -2.40. The summed E-state index contributed by atoms with van der Waals surface area (Å²) >= 11 is 0. The lowest BCUT2D eigenvalue weighted by molar-refractivity contribution is -0.221. The van der Waals surface area contributed by atoms with Gasteiger partial charge in [-0.05, 0) is 41.7 Å². The molecule has 1 saturated carbocycles. The van der Waals surface area contributed by atoms with Gasteiger partial charge in [-0.2, -0.15) is 0 Å². The minimum absolute atomic E-state index is 0.0507. The summed E-state index contributed by atoms with van der Waals surface area (Å²) < 4.78 is 16.2. The van der Waals surface area contributed by atoms with Crippen LogP contribution in [0.2, 0.25) is 0 Å². The second kappa shape index (κ2) is 10.4. The Morgan fingerprint density at radius 1 is 1.27 bits per heavy atom. The van der Waals surface area contributed by atoms with Crippen LogP contribution in [0.4, 0.5) is 0 Å². The number of carbonyl (C=O) groups excluding carboxylic acids is 2. The largest absolute Gasteiger partial charge is 0.508 e. The summed E-state index contributed by atoms with van der Waals surface area (Å²) in [7, 11) is 0. The quantitative estimate of drug-likeness (QED) is 0.334. The van der Waals surface area contributed by atoms with E-state index in [2.05, 4.69) is 0 Å². The molecular weight excluding hydrogens is 432 g/mol. The van der Waals surface area contributed by atoms with Crippen molar-refractivity contribution in [1.29, 1.82) is 0 Å². The van der Waals surface area contributed by atoms with Crippen LogP contribution in [0.1, 0.15) is 32.3 Å². The normalized spacial score (nSPS) is 28.8. The number of phenols is 1. The molecule has 0 amide bonds. The van der Waals surface area contributed by atoms with E-state index in [9.17, 15) is 30.0 Å². The first kappa shape index (κ1) is 24.8. The number of fused-ring (bicyclic) bond motifs is 1. The lowest BCUT2D eigenvalue weighted by atomic mass is 9.80. The molecule has 5 atom stereocenters. The van der Waals surface area contributed by atoms with Crippen molar-refractivity contribution in [2.45, 2.75) is 44.7 Å². The van der Waals surface area contributed by atoms with Gasteiger partial charge in [0, 0.05) is 18.4 Å². The van der Waals surface area contributed by atoms with Crippen LogP contribution in [0.3, 0.4) is 0 Å². The Kier molecular flexibility index (Phi) is 7.78. The minimum atomic E-state index is -1.95. The van der Waals surface area contributed by atoms with Crippen LogP contribution in [0.15, 0.2) is 42.2 Å². The summed E-state index contributed by atoms with van der Waals surface area (Å²) in [5.41, 5.74) is -0.853. The fraction of sp³-hybridized carbons (Fsp3) is 0.500. The fourth-order valence-electron chi connectivity index (χ4n) is 4.24. The number of phenolic OH excluding ortho intramolecular Hbond substituents is 1. The molecule has 0 aromatic heterocycles. The molecular formula is C24H30O9. The molecule has 1 heterocycles. The van der Waals surface area contributed by atoms with Gasteiger partial charge in [-0.3, -0.25) is 4.79 Å². The van der Waals surface area contributed by atoms with Gasteiger partial charge in [-0.25, -0.2) is 4.79 Å². The number of aromatic hydroxyl groups is 1. The summed E-state index contributed by atoms with van der Waals surface area (Å²) in [6, 6.07) is 6.16. The predicted molar refractivity (Wildman–Crippen MR) is 116 cm³/mol. The Morgan fingerprint density at radius 3 is 2.61 bits per heavy atom. The number of aliphatic hydroxyl groups is 3. The molecule has 1 fully saturated rings. The van der Waals surface area contributed by atoms with Crippen molar-refractivity contribution >= 4 is 18.0 Å². The van der Waals surface area contributed by atoms with E-state index in [-0.39, 0.29) is 31.1 Å². The fourth-order valence-corrected chi connectivity index (χ4v) is 4.24. The molecule has 0 radical (unpaired) electrons.